The minimum atomic E-state index is -0.959. The SMILES string of the molecule is CCc1nc(C(=O)C(N)CCC(=O)O)c[nH]1. The molecule has 6 heteroatoms. The fourth-order valence-corrected chi connectivity index (χ4v) is 1.27. The third kappa shape index (κ3) is 3.16. The summed E-state index contributed by atoms with van der Waals surface area (Å²) in [6.07, 6.45) is 2.22. The summed E-state index contributed by atoms with van der Waals surface area (Å²) in [5.74, 6) is -0.564. The summed E-state index contributed by atoms with van der Waals surface area (Å²) < 4.78 is 0. The monoisotopic (exact) mass is 225 g/mol. The minimum Gasteiger partial charge on any atom is -0.481 e. The van der Waals surface area contributed by atoms with E-state index < -0.39 is 12.0 Å². The van der Waals surface area contributed by atoms with Crippen molar-refractivity contribution >= 4 is 11.8 Å². The maximum atomic E-state index is 11.7. The van der Waals surface area contributed by atoms with Crippen molar-refractivity contribution in [2.45, 2.75) is 32.2 Å². The van der Waals surface area contributed by atoms with Crippen LogP contribution in [0.25, 0.3) is 0 Å². The van der Waals surface area contributed by atoms with Crippen LogP contribution in [0.3, 0.4) is 0 Å². The van der Waals surface area contributed by atoms with Crippen LogP contribution in [0, 0.1) is 0 Å². The normalized spacial score (nSPS) is 12.4. The molecule has 1 unspecified atom stereocenters. The molecule has 0 fully saturated rings. The average Bonchev–Trinajstić information content (AvgIpc) is 2.73. The number of nitrogens with zero attached hydrogens (tertiary/aromatic N) is 1. The van der Waals surface area contributed by atoms with Crippen molar-refractivity contribution in [3.8, 4) is 0 Å². The molecule has 0 amide bonds. The third-order valence-corrected chi connectivity index (χ3v) is 2.22. The Morgan fingerprint density at radius 3 is 2.81 bits per heavy atom. The van der Waals surface area contributed by atoms with Crippen LogP contribution in [-0.2, 0) is 11.2 Å². The van der Waals surface area contributed by atoms with Crippen molar-refractivity contribution in [1.82, 2.24) is 9.97 Å². The second kappa shape index (κ2) is 5.41. The smallest absolute Gasteiger partial charge is 0.303 e. The van der Waals surface area contributed by atoms with E-state index in [1.165, 1.54) is 6.20 Å². The summed E-state index contributed by atoms with van der Waals surface area (Å²) in [6, 6.07) is -0.802. The number of carbonyl (C=O) groups excluding carboxylic acids is 1. The van der Waals surface area contributed by atoms with Gasteiger partial charge >= 0.3 is 5.97 Å². The number of ketones is 1. The number of imidazole rings is 1. The number of aromatic nitrogens is 2. The molecule has 0 aliphatic rings. The zero-order valence-corrected chi connectivity index (χ0v) is 9.06. The number of carboxylic acids is 1. The van der Waals surface area contributed by atoms with Gasteiger partial charge in [-0.15, -0.1) is 0 Å². The van der Waals surface area contributed by atoms with Gasteiger partial charge in [-0.25, -0.2) is 4.98 Å². The first-order chi connectivity index (χ1) is 7.54. The number of nitrogens with two attached hydrogens (primary N) is 1. The number of hydrogen-bond acceptors (Lipinski definition) is 4. The predicted molar refractivity (Wildman–Crippen MR) is 57.1 cm³/mol. The molecule has 0 saturated heterocycles. The van der Waals surface area contributed by atoms with Crippen LogP contribution in [0.15, 0.2) is 6.20 Å². The number of H-pyrrole nitrogens is 1. The van der Waals surface area contributed by atoms with E-state index in [-0.39, 0.29) is 24.3 Å². The highest BCUT2D eigenvalue weighted by Crippen LogP contribution is 2.05. The summed E-state index contributed by atoms with van der Waals surface area (Å²) in [7, 11) is 0. The van der Waals surface area contributed by atoms with E-state index in [1.54, 1.807) is 0 Å². The number of aromatic amines is 1. The van der Waals surface area contributed by atoms with Crippen molar-refractivity contribution in [1.29, 1.82) is 0 Å². The van der Waals surface area contributed by atoms with Crippen LogP contribution in [0.4, 0.5) is 0 Å². The molecule has 0 aromatic carbocycles. The fraction of sp³-hybridized carbons (Fsp3) is 0.500. The molecule has 1 rings (SSSR count). The molecule has 0 bridgehead atoms. The average molecular weight is 225 g/mol. The van der Waals surface area contributed by atoms with Crippen LogP contribution in [0.1, 0.15) is 36.1 Å². The molecule has 0 aliphatic carbocycles. The first kappa shape index (κ1) is 12.4. The lowest BCUT2D eigenvalue weighted by Gasteiger charge is -2.06. The van der Waals surface area contributed by atoms with Gasteiger partial charge in [0.15, 0.2) is 5.78 Å². The van der Waals surface area contributed by atoms with Gasteiger partial charge in [0, 0.05) is 19.0 Å². The van der Waals surface area contributed by atoms with Crippen LogP contribution in [-0.4, -0.2) is 32.9 Å². The molecule has 1 atom stereocenters. The molecule has 0 radical (unpaired) electrons. The molecule has 0 aliphatic heterocycles. The van der Waals surface area contributed by atoms with E-state index in [0.29, 0.717) is 12.2 Å². The standard InChI is InChI=1S/C10H15N3O3/c1-2-8-12-5-7(13-8)10(16)6(11)3-4-9(14)15/h5-6H,2-4,11H2,1H3,(H,12,13)(H,14,15). The number of aliphatic carboxylic acids is 1. The first-order valence-electron chi connectivity index (χ1n) is 5.10. The molecular formula is C10H15N3O3. The molecule has 1 aromatic rings. The van der Waals surface area contributed by atoms with Gasteiger partial charge in [-0.2, -0.15) is 0 Å². The molecule has 4 N–H and O–H groups in total. The van der Waals surface area contributed by atoms with Gasteiger partial charge in [-0.3, -0.25) is 9.59 Å². The molecule has 1 aromatic heterocycles. The Labute approximate surface area is 92.9 Å². The number of carbonyl (C=O) groups is 2. The Morgan fingerprint density at radius 1 is 1.62 bits per heavy atom. The van der Waals surface area contributed by atoms with E-state index in [9.17, 15) is 9.59 Å². The van der Waals surface area contributed by atoms with E-state index in [4.69, 9.17) is 10.8 Å². The summed E-state index contributed by atoms with van der Waals surface area (Å²) in [5.41, 5.74) is 5.85. The molecule has 88 valence electrons. The quantitative estimate of drug-likeness (QED) is 0.605. The summed E-state index contributed by atoms with van der Waals surface area (Å²) in [4.78, 5) is 28.9. The van der Waals surface area contributed by atoms with Gasteiger partial charge in [0.05, 0.1) is 6.04 Å². The lowest BCUT2D eigenvalue weighted by atomic mass is 10.1. The van der Waals surface area contributed by atoms with Gasteiger partial charge in [0.2, 0.25) is 0 Å². The summed E-state index contributed by atoms with van der Waals surface area (Å²) in [6.45, 7) is 1.91. The van der Waals surface area contributed by atoms with Crippen LogP contribution >= 0.6 is 0 Å². The van der Waals surface area contributed by atoms with Crippen molar-refractivity contribution in [3.63, 3.8) is 0 Å². The van der Waals surface area contributed by atoms with Gasteiger partial charge in [0.25, 0.3) is 0 Å². The van der Waals surface area contributed by atoms with Gasteiger partial charge in [-0.05, 0) is 6.42 Å². The topological polar surface area (TPSA) is 109 Å². The number of rotatable bonds is 6. The Bertz CT molecular complexity index is 386. The van der Waals surface area contributed by atoms with Crippen molar-refractivity contribution < 1.29 is 14.7 Å². The zero-order chi connectivity index (χ0) is 12.1. The number of carboxylic acid groups (broad SMARTS) is 1. The van der Waals surface area contributed by atoms with E-state index >= 15 is 0 Å². The number of Topliss-reactive ketones (excluding diaryl/α,β-unsaturated/α-hetero) is 1. The van der Waals surface area contributed by atoms with Crippen molar-refractivity contribution in [2.24, 2.45) is 5.73 Å². The highest BCUT2D eigenvalue weighted by atomic mass is 16.4. The molecule has 0 spiro atoms. The predicted octanol–water partition coefficient (Wildman–Crippen LogP) is 0.347. The number of aryl methyl sites for hydroxylation is 1. The molecule has 1 heterocycles. The van der Waals surface area contributed by atoms with Crippen molar-refractivity contribution in [2.75, 3.05) is 0 Å². The number of hydrogen-bond donors (Lipinski definition) is 3. The zero-order valence-electron chi connectivity index (χ0n) is 9.06. The molecule has 6 nitrogen and oxygen atoms in total. The van der Waals surface area contributed by atoms with Crippen LogP contribution in [0.5, 0.6) is 0 Å². The largest absolute Gasteiger partial charge is 0.481 e. The van der Waals surface area contributed by atoms with Crippen LogP contribution < -0.4 is 5.73 Å². The highest BCUT2D eigenvalue weighted by molar-refractivity contribution is 5.98. The highest BCUT2D eigenvalue weighted by Gasteiger charge is 2.19. The molecule has 0 saturated carbocycles. The Kier molecular flexibility index (Phi) is 4.19. The second-order valence-corrected chi connectivity index (χ2v) is 3.49. The summed E-state index contributed by atoms with van der Waals surface area (Å²) >= 11 is 0. The maximum absolute atomic E-state index is 11.7. The second-order valence-electron chi connectivity index (χ2n) is 3.49. The van der Waals surface area contributed by atoms with E-state index in [2.05, 4.69) is 9.97 Å². The Hall–Kier alpha value is -1.69. The van der Waals surface area contributed by atoms with Crippen LogP contribution in [0.2, 0.25) is 0 Å². The minimum absolute atomic E-state index is 0.113. The fourth-order valence-electron chi connectivity index (χ4n) is 1.27. The maximum Gasteiger partial charge on any atom is 0.303 e. The number of nitrogens with one attached hydrogen (secondary N) is 1. The Morgan fingerprint density at radius 2 is 2.31 bits per heavy atom. The lowest BCUT2D eigenvalue weighted by Crippen LogP contribution is -2.31. The third-order valence-electron chi connectivity index (χ3n) is 2.22. The lowest BCUT2D eigenvalue weighted by molar-refractivity contribution is -0.137. The summed E-state index contributed by atoms with van der Waals surface area (Å²) in [5, 5.41) is 8.47. The van der Waals surface area contributed by atoms with Gasteiger partial charge in [-0.1, -0.05) is 6.92 Å². The first-order valence-corrected chi connectivity index (χ1v) is 5.10. The van der Waals surface area contributed by atoms with E-state index in [1.807, 2.05) is 6.92 Å². The van der Waals surface area contributed by atoms with Gasteiger partial charge in [0.1, 0.15) is 11.5 Å². The Balaban J connectivity index is 2.59. The molecular weight excluding hydrogens is 210 g/mol. The van der Waals surface area contributed by atoms with Crippen molar-refractivity contribution in [3.05, 3.63) is 17.7 Å². The van der Waals surface area contributed by atoms with Gasteiger partial charge < -0.3 is 15.8 Å². The van der Waals surface area contributed by atoms with E-state index in [0.717, 1.165) is 0 Å². The molecule has 16 heavy (non-hydrogen) atoms.